The summed E-state index contributed by atoms with van der Waals surface area (Å²) in [6, 6.07) is 4.85. The molecule has 1 aromatic rings. The third kappa shape index (κ3) is 1.97. The van der Waals surface area contributed by atoms with Gasteiger partial charge in [0, 0.05) is 35.2 Å². The third-order valence-electron chi connectivity index (χ3n) is 4.76. The molecule has 0 saturated carbocycles. The van der Waals surface area contributed by atoms with E-state index >= 15 is 0 Å². The zero-order valence-electron chi connectivity index (χ0n) is 12.9. The van der Waals surface area contributed by atoms with Gasteiger partial charge in [0.25, 0.3) is 5.69 Å². The number of allylic oxidation sites excluding steroid dienone is 2. The van der Waals surface area contributed by atoms with Crippen LogP contribution in [0.15, 0.2) is 40.7 Å². The summed E-state index contributed by atoms with van der Waals surface area (Å²) in [5, 5.41) is 14.4. The minimum atomic E-state index is -0.597. The predicted octanol–water partition coefficient (Wildman–Crippen LogP) is 2.02. The van der Waals surface area contributed by atoms with E-state index in [0.29, 0.717) is 40.8 Å². The second-order valence-corrected chi connectivity index (χ2v) is 6.14. The number of Topliss-reactive ketones (excluding diaryl/α,β-unsaturated/α-hetero) is 1. The fraction of sp³-hybridized carbons (Fsp3) is 0.294. The Bertz CT molecular complexity index is 841. The highest BCUT2D eigenvalue weighted by molar-refractivity contribution is 6.05. The lowest BCUT2D eigenvalue weighted by Gasteiger charge is -2.25. The van der Waals surface area contributed by atoms with Gasteiger partial charge in [-0.2, -0.15) is 0 Å². The number of hydrogen-bond acceptors (Lipinski definition) is 6. The van der Waals surface area contributed by atoms with E-state index in [1.807, 2.05) is 0 Å². The van der Waals surface area contributed by atoms with Gasteiger partial charge in [0.15, 0.2) is 5.78 Å². The SMILES string of the molecule is Cc1ccc([C@H]2C3=C(CCC3=O)NC3=C2C(=O)OC3)cc1[N+](=O)[O-]. The number of dihydropyridines is 1. The van der Waals surface area contributed by atoms with Crippen molar-refractivity contribution >= 4 is 17.4 Å². The molecule has 1 N–H and O–H groups in total. The van der Waals surface area contributed by atoms with Crippen LogP contribution in [-0.4, -0.2) is 23.3 Å². The van der Waals surface area contributed by atoms with Crippen LogP contribution in [0.25, 0.3) is 0 Å². The van der Waals surface area contributed by atoms with Crippen LogP contribution in [-0.2, 0) is 14.3 Å². The average Bonchev–Trinajstić information content (AvgIpc) is 3.10. The Morgan fingerprint density at radius 3 is 2.75 bits per heavy atom. The molecule has 0 bridgehead atoms. The Hall–Kier alpha value is -2.96. The second-order valence-electron chi connectivity index (χ2n) is 6.14. The molecule has 4 rings (SSSR count). The van der Waals surface area contributed by atoms with Crippen molar-refractivity contribution < 1.29 is 19.2 Å². The number of nitrogens with one attached hydrogen (secondary N) is 1. The standard InChI is InChI=1S/C17H14N2O5/c1-8-2-3-9(6-12(8)19(22)23)14-15-10(4-5-13(15)20)18-11-7-24-17(21)16(11)14/h2-3,6,14,18H,4-5,7H2,1H3/t14-/m0/s1. The molecule has 0 saturated heterocycles. The molecule has 7 nitrogen and oxygen atoms in total. The summed E-state index contributed by atoms with van der Waals surface area (Å²) in [6.07, 6.45) is 0.974. The maximum atomic E-state index is 12.4. The van der Waals surface area contributed by atoms with E-state index in [-0.39, 0.29) is 18.1 Å². The fourth-order valence-electron chi connectivity index (χ4n) is 3.62. The minimum Gasteiger partial charge on any atom is -0.456 e. The van der Waals surface area contributed by atoms with Crippen molar-refractivity contribution in [1.29, 1.82) is 0 Å². The zero-order valence-corrected chi connectivity index (χ0v) is 12.9. The second kappa shape index (κ2) is 5.02. The molecule has 0 unspecified atom stereocenters. The van der Waals surface area contributed by atoms with Crippen molar-refractivity contribution in [2.75, 3.05) is 6.61 Å². The highest BCUT2D eigenvalue weighted by Gasteiger charge is 2.44. The Morgan fingerprint density at radius 2 is 2.00 bits per heavy atom. The molecule has 0 fully saturated rings. The van der Waals surface area contributed by atoms with Gasteiger partial charge >= 0.3 is 5.97 Å². The lowest BCUT2D eigenvalue weighted by molar-refractivity contribution is -0.385. The summed E-state index contributed by atoms with van der Waals surface area (Å²) in [5.74, 6) is -1.10. The van der Waals surface area contributed by atoms with Gasteiger partial charge in [0.1, 0.15) is 6.61 Å². The number of nitro groups is 1. The lowest BCUT2D eigenvalue weighted by Crippen LogP contribution is -2.26. The summed E-state index contributed by atoms with van der Waals surface area (Å²) >= 11 is 0. The Labute approximate surface area is 137 Å². The van der Waals surface area contributed by atoms with Gasteiger partial charge in [-0.25, -0.2) is 4.79 Å². The number of aryl methyl sites for hydroxylation is 1. The van der Waals surface area contributed by atoms with Crippen LogP contribution in [0.5, 0.6) is 0 Å². The van der Waals surface area contributed by atoms with Crippen LogP contribution in [0.1, 0.15) is 29.9 Å². The number of ether oxygens (including phenoxy) is 1. The smallest absolute Gasteiger partial charge is 0.337 e. The van der Waals surface area contributed by atoms with Gasteiger partial charge in [0.05, 0.1) is 16.2 Å². The number of hydrogen-bond donors (Lipinski definition) is 1. The Morgan fingerprint density at radius 1 is 1.21 bits per heavy atom. The molecule has 0 spiro atoms. The average molecular weight is 326 g/mol. The van der Waals surface area contributed by atoms with E-state index in [2.05, 4.69) is 5.32 Å². The van der Waals surface area contributed by atoms with Crippen LogP contribution >= 0.6 is 0 Å². The molecule has 1 aliphatic carbocycles. The van der Waals surface area contributed by atoms with Gasteiger partial charge in [-0.3, -0.25) is 14.9 Å². The van der Waals surface area contributed by atoms with Crippen LogP contribution in [0.2, 0.25) is 0 Å². The summed E-state index contributed by atoms with van der Waals surface area (Å²) in [4.78, 5) is 35.4. The zero-order chi connectivity index (χ0) is 17.0. The van der Waals surface area contributed by atoms with Gasteiger partial charge in [-0.05, 0) is 18.9 Å². The topological polar surface area (TPSA) is 98.5 Å². The fourth-order valence-corrected chi connectivity index (χ4v) is 3.62. The first-order valence-corrected chi connectivity index (χ1v) is 7.65. The molecule has 0 aromatic heterocycles. The Kier molecular flexibility index (Phi) is 3.06. The molecular weight excluding hydrogens is 312 g/mol. The first-order chi connectivity index (χ1) is 11.5. The van der Waals surface area contributed by atoms with Crippen molar-refractivity contribution in [1.82, 2.24) is 5.32 Å². The van der Waals surface area contributed by atoms with Gasteiger partial charge in [-0.1, -0.05) is 12.1 Å². The Balaban J connectivity index is 1.91. The summed E-state index contributed by atoms with van der Waals surface area (Å²) in [6.45, 7) is 1.80. The molecule has 122 valence electrons. The van der Waals surface area contributed by atoms with Crippen LogP contribution in [0.4, 0.5) is 5.69 Å². The first-order valence-electron chi connectivity index (χ1n) is 7.65. The minimum absolute atomic E-state index is 0.0212. The van der Waals surface area contributed by atoms with Gasteiger partial charge in [0.2, 0.25) is 0 Å². The quantitative estimate of drug-likeness (QED) is 0.507. The van der Waals surface area contributed by atoms with Crippen molar-refractivity contribution in [3.8, 4) is 0 Å². The van der Waals surface area contributed by atoms with E-state index in [1.165, 1.54) is 6.07 Å². The van der Waals surface area contributed by atoms with Crippen LogP contribution < -0.4 is 5.32 Å². The highest BCUT2D eigenvalue weighted by Crippen LogP contribution is 2.45. The molecule has 24 heavy (non-hydrogen) atoms. The van der Waals surface area contributed by atoms with E-state index in [0.717, 1.165) is 5.70 Å². The molecule has 0 radical (unpaired) electrons. The lowest BCUT2D eigenvalue weighted by atomic mass is 9.80. The number of esters is 1. The first kappa shape index (κ1) is 14.6. The molecule has 7 heteroatoms. The van der Waals surface area contributed by atoms with Crippen molar-refractivity contribution in [3.63, 3.8) is 0 Å². The molecule has 1 aromatic carbocycles. The summed E-state index contributed by atoms with van der Waals surface area (Å²) < 4.78 is 5.11. The van der Waals surface area contributed by atoms with Crippen molar-refractivity contribution in [3.05, 3.63) is 62.0 Å². The van der Waals surface area contributed by atoms with Gasteiger partial charge < -0.3 is 10.1 Å². The third-order valence-corrected chi connectivity index (χ3v) is 4.76. The summed E-state index contributed by atoms with van der Waals surface area (Å²) in [5.41, 5.74) is 3.46. The molecule has 2 heterocycles. The maximum absolute atomic E-state index is 12.4. The predicted molar refractivity (Wildman–Crippen MR) is 83.0 cm³/mol. The number of carbonyl (C=O) groups excluding carboxylic acids is 2. The maximum Gasteiger partial charge on any atom is 0.337 e. The normalized spacial score (nSPS) is 22.3. The van der Waals surface area contributed by atoms with E-state index in [1.54, 1.807) is 19.1 Å². The highest BCUT2D eigenvalue weighted by atomic mass is 16.6. The molecule has 2 aliphatic heterocycles. The molecular formula is C17H14N2O5. The molecule has 0 amide bonds. The largest absolute Gasteiger partial charge is 0.456 e. The van der Waals surface area contributed by atoms with E-state index in [4.69, 9.17) is 4.74 Å². The summed E-state index contributed by atoms with van der Waals surface area (Å²) in [7, 11) is 0. The number of nitro benzene ring substituents is 1. The number of benzene rings is 1. The molecule has 3 aliphatic rings. The van der Waals surface area contributed by atoms with Crippen molar-refractivity contribution in [2.45, 2.75) is 25.7 Å². The van der Waals surface area contributed by atoms with Crippen LogP contribution in [0, 0.1) is 17.0 Å². The number of rotatable bonds is 2. The van der Waals surface area contributed by atoms with Gasteiger partial charge in [-0.15, -0.1) is 0 Å². The molecule has 1 atom stereocenters. The number of cyclic esters (lactones) is 1. The van der Waals surface area contributed by atoms with E-state index in [9.17, 15) is 19.7 Å². The van der Waals surface area contributed by atoms with E-state index < -0.39 is 16.8 Å². The monoisotopic (exact) mass is 326 g/mol. The number of carbonyl (C=O) groups is 2. The van der Waals surface area contributed by atoms with Crippen molar-refractivity contribution in [2.24, 2.45) is 0 Å². The number of nitrogens with zero attached hydrogens (tertiary/aromatic N) is 1. The number of ketones is 1. The van der Waals surface area contributed by atoms with Crippen LogP contribution in [0.3, 0.4) is 0 Å².